The predicted octanol–water partition coefficient (Wildman–Crippen LogP) is 3.79. The van der Waals surface area contributed by atoms with Gasteiger partial charge in [0.05, 0.1) is 0 Å². The Morgan fingerprint density at radius 3 is 2.83 bits per heavy atom. The Morgan fingerprint density at radius 2 is 2.25 bits per heavy atom. The molecule has 4 nitrogen and oxygen atoms in total. The van der Waals surface area contributed by atoms with Crippen molar-refractivity contribution in [3.8, 4) is 12.3 Å². The second-order valence-electron chi connectivity index (χ2n) is 5.67. The van der Waals surface area contributed by atoms with Gasteiger partial charge in [-0.2, -0.15) is 13.9 Å². The van der Waals surface area contributed by atoms with Gasteiger partial charge in [0.1, 0.15) is 5.69 Å². The van der Waals surface area contributed by atoms with Gasteiger partial charge in [0.2, 0.25) is 0 Å². The molecule has 0 aromatic carbocycles. The number of nitrogens with zero attached hydrogens (tertiary/aromatic N) is 2. The topological polar surface area (TPSA) is 46.9 Å². The van der Waals surface area contributed by atoms with Gasteiger partial charge >= 0.3 is 0 Å². The number of nitrogens with one attached hydrogen (secondary N) is 1. The number of anilines is 1. The molecule has 0 saturated heterocycles. The summed E-state index contributed by atoms with van der Waals surface area (Å²) in [7, 11) is 0. The molecule has 1 aliphatic heterocycles. The van der Waals surface area contributed by atoms with Crippen LogP contribution >= 0.6 is 0 Å². The summed E-state index contributed by atoms with van der Waals surface area (Å²) in [5.74, 6) is -0.770. The van der Waals surface area contributed by atoms with Gasteiger partial charge in [0.25, 0.3) is 11.8 Å². The third-order valence-corrected chi connectivity index (χ3v) is 3.86. The molecule has 1 N–H and O–H groups in total. The highest BCUT2D eigenvalue weighted by atomic mass is 19.3. The van der Waals surface area contributed by atoms with Crippen LogP contribution in [0.5, 0.6) is 0 Å². The van der Waals surface area contributed by atoms with Crippen LogP contribution in [0.4, 0.5) is 14.6 Å². The highest BCUT2D eigenvalue weighted by Gasteiger charge is 2.38. The normalized spacial score (nSPS) is 17.4. The zero-order valence-corrected chi connectivity index (χ0v) is 13.7. The maximum absolute atomic E-state index is 13.8. The van der Waals surface area contributed by atoms with E-state index < -0.39 is 11.8 Å². The van der Waals surface area contributed by atoms with Crippen molar-refractivity contribution >= 4 is 11.7 Å². The Hall–Kier alpha value is -2.68. The standard InChI is InChI=1S/C18H19F2N3O/c1-5-12(3)14(6-2)10-13(4)17(24)21-16-11-15-18(19,20)8-7-9-23(15)22-16/h2,5,10-11H,1,7-9H2,3-4H3,(H,21,22,24)/b13-10+,14-12-. The first-order valence-corrected chi connectivity index (χ1v) is 7.54. The number of terminal acetylenes is 1. The van der Waals surface area contributed by atoms with Crippen LogP contribution in [0.1, 0.15) is 32.4 Å². The fourth-order valence-electron chi connectivity index (χ4n) is 2.40. The Labute approximate surface area is 139 Å². The van der Waals surface area contributed by atoms with E-state index in [0.717, 1.165) is 5.57 Å². The summed E-state index contributed by atoms with van der Waals surface area (Å²) >= 11 is 0. The Kier molecular flexibility index (Phi) is 5.03. The summed E-state index contributed by atoms with van der Waals surface area (Å²) in [5.41, 5.74) is 1.48. The van der Waals surface area contributed by atoms with Crippen LogP contribution < -0.4 is 5.32 Å². The van der Waals surface area contributed by atoms with E-state index in [2.05, 4.69) is 22.9 Å². The van der Waals surface area contributed by atoms with Crippen LogP contribution in [0.25, 0.3) is 0 Å². The van der Waals surface area contributed by atoms with Crippen molar-refractivity contribution in [2.24, 2.45) is 0 Å². The third kappa shape index (κ3) is 3.62. The summed E-state index contributed by atoms with van der Waals surface area (Å²) < 4.78 is 28.9. The minimum atomic E-state index is -2.92. The lowest BCUT2D eigenvalue weighted by atomic mass is 10.1. The Balaban J connectivity index is 2.20. The second kappa shape index (κ2) is 6.83. The molecule has 0 fully saturated rings. The number of hydrogen-bond acceptors (Lipinski definition) is 2. The summed E-state index contributed by atoms with van der Waals surface area (Å²) in [6.45, 7) is 7.43. The number of carbonyl (C=O) groups excluding carboxylic acids is 1. The fraction of sp³-hybridized carbons (Fsp3) is 0.333. The van der Waals surface area contributed by atoms with Crippen molar-refractivity contribution in [1.82, 2.24) is 9.78 Å². The predicted molar refractivity (Wildman–Crippen MR) is 89.5 cm³/mol. The number of amides is 1. The smallest absolute Gasteiger partial charge is 0.289 e. The van der Waals surface area contributed by atoms with Crippen molar-refractivity contribution < 1.29 is 13.6 Å². The van der Waals surface area contributed by atoms with E-state index in [0.29, 0.717) is 24.1 Å². The van der Waals surface area contributed by atoms with Crippen LogP contribution in [0.15, 0.2) is 41.5 Å². The molecule has 24 heavy (non-hydrogen) atoms. The minimum absolute atomic E-state index is 0.107. The van der Waals surface area contributed by atoms with E-state index in [4.69, 9.17) is 6.42 Å². The molecule has 0 atom stereocenters. The fourth-order valence-corrected chi connectivity index (χ4v) is 2.40. The van der Waals surface area contributed by atoms with E-state index >= 15 is 0 Å². The lowest BCUT2D eigenvalue weighted by Crippen LogP contribution is -2.25. The first-order valence-electron chi connectivity index (χ1n) is 7.54. The lowest BCUT2D eigenvalue weighted by Gasteiger charge is -2.22. The van der Waals surface area contributed by atoms with Gasteiger partial charge in [-0.1, -0.05) is 18.6 Å². The number of fused-ring (bicyclic) bond motifs is 1. The number of hydrogen-bond donors (Lipinski definition) is 1. The lowest BCUT2D eigenvalue weighted by molar-refractivity contribution is -0.112. The van der Waals surface area contributed by atoms with Gasteiger partial charge in [-0.3, -0.25) is 9.48 Å². The number of rotatable bonds is 4. The Bertz CT molecular complexity index is 779. The van der Waals surface area contributed by atoms with Crippen molar-refractivity contribution in [2.75, 3.05) is 5.32 Å². The van der Waals surface area contributed by atoms with Gasteiger partial charge in [-0.25, -0.2) is 0 Å². The minimum Gasteiger partial charge on any atom is -0.305 e. The van der Waals surface area contributed by atoms with Crippen molar-refractivity contribution in [2.45, 2.75) is 39.2 Å². The van der Waals surface area contributed by atoms with E-state index in [1.165, 1.54) is 10.7 Å². The van der Waals surface area contributed by atoms with E-state index in [-0.39, 0.29) is 17.9 Å². The number of aromatic nitrogens is 2. The molecule has 1 aliphatic rings. The van der Waals surface area contributed by atoms with E-state index in [1.807, 2.05) is 0 Å². The average Bonchev–Trinajstić information content (AvgIpc) is 2.95. The van der Waals surface area contributed by atoms with Crippen LogP contribution in [-0.4, -0.2) is 15.7 Å². The summed E-state index contributed by atoms with van der Waals surface area (Å²) in [5, 5.41) is 6.56. The monoisotopic (exact) mass is 331 g/mol. The molecule has 0 saturated carbocycles. The molecule has 2 rings (SSSR count). The molecule has 1 amide bonds. The summed E-state index contributed by atoms with van der Waals surface area (Å²) in [6.07, 6.45) is 8.71. The van der Waals surface area contributed by atoms with Crippen LogP contribution in [0.3, 0.4) is 0 Å². The zero-order chi connectivity index (χ0) is 17.9. The Morgan fingerprint density at radius 1 is 1.54 bits per heavy atom. The average molecular weight is 331 g/mol. The van der Waals surface area contributed by atoms with Gasteiger partial charge in [-0.05, 0) is 31.9 Å². The number of allylic oxidation sites excluding steroid dienone is 4. The number of halogens is 2. The van der Waals surface area contributed by atoms with Gasteiger partial charge < -0.3 is 5.32 Å². The van der Waals surface area contributed by atoms with Crippen LogP contribution in [-0.2, 0) is 17.3 Å². The molecule has 0 spiro atoms. The van der Waals surface area contributed by atoms with Crippen LogP contribution in [0.2, 0.25) is 0 Å². The van der Waals surface area contributed by atoms with Gasteiger partial charge in [0, 0.05) is 30.2 Å². The van der Waals surface area contributed by atoms with Crippen molar-refractivity contribution in [1.29, 1.82) is 0 Å². The molecular weight excluding hydrogens is 312 g/mol. The molecule has 1 aromatic rings. The van der Waals surface area contributed by atoms with Crippen molar-refractivity contribution in [3.63, 3.8) is 0 Å². The number of alkyl halides is 2. The molecular formula is C18H19F2N3O. The molecule has 2 heterocycles. The highest BCUT2D eigenvalue weighted by molar-refractivity contribution is 6.03. The first-order chi connectivity index (χ1) is 11.3. The number of aryl methyl sites for hydroxylation is 1. The highest BCUT2D eigenvalue weighted by Crippen LogP contribution is 2.37. The zero-order valence-electron chi connectivity index (χ0n) is 13.7. The van der Waals surface area contributed by atoms with Crippen LogP contribution in [0, 0.1) is 12.3 Å². The molecule has 1 aromatic heterocycles. The second-order valence-corrected chi connectivity index (χ2v) is 5.67. The molecule has 0 radical (unpaired) electrons. The third-order valence-electron chi connectivity index (χ3n) is 3.86. The molecule has 6 heteroatoms. The van der Waals surface area contributed by atoms with E-state index in [9.17, 15) is 13.6 Å². The van der Waals surface area contributed by atoms with Gasteiger partial charge in [-0.15, -0.1) is 6.42 Å². The molecule has 0 unspecified atom stereocenters. The number of carbonyl (C=O) groups is 1. The first kappa shape index (κ1) is 17.7. The van der Waals surface area contributed by atoms with Gasteiger partial charge in [0.15, 0.2) is 5.82 Å². The largest absolute Gasteiger partial charge is 0.305 e. The molecule has 0 bridgehead atoms. The summed E-state index contributed by atoms with van der Waals surface area (Å²) in [4.78, 5) is 12.2. The molecule has 0 aliphatic carbocycles. The SMILES string of the molecule is C#CC(/C=C(\C)C(=O)Nc1cc2n(n1)CCCC2(F)F)=C(\C)C=C. The maximum Gasteiger partial charge on any atom is 0.289 e. The van der Waals surface area contributed by atoms with Crippen molar-refractivity contribution in [3.05, 3.63) is 47.2 Å². The maximum atomic E-state index is 13.8. The summed E-state index contributed by atoms with van der Waals surface area (Å²) in [6, 6.07) is 1.22. The molecule has 126 valence electrons. The quantitative estimate of drug-likeness (QED) is 0.518. The van der Waals surface area contributed by atoms with E-state index in [1.54, 1.807) is 26.0 Å².